The van der Waals surface area contributed by atoms with Crippen molar-refractivity contribution >= 4 is 58.2 Å². The molecule has 0 radical (unpaired) electrons. The van der Waals surface area contributed by atoms with Crippen molar-refractivity contribution in [2.45, 2.75) is 5.75 Å². The lowest BCUT2D eigenvalue weighted by molar-refractivity contribution is -0.112. The van der Waals surface area contributed by atoms with Gasteiger partial charge in [0.25, 0.3) is 5.91 Å². The van der Waals surface area contributed by atoms with Gasteiger partial charge in [-0.05, 0) is 17.7 Å². The predicted molar refractivity (Wildman–Crippen MR) is 101 cm³/mol. The number of nitrogens with zero attached hydrogens (tertiary/aromatic N) is 1. The van der Waals surface area contributed by atoms with Gasteiger partial charge in [-0.2, -0.15) is 0 Å². The van der Waals surface area contributed by atoms with Gasteiger partial charge in [-0.1, -0.05) is 53.0 Å². The molecule has 1 N–H and O–H groups in total. The molecule has 24 heavy (non-hydrogen) atoms. The van der Waals surface area contributed by atoms with Crippen molar-refractivity contribution in [2.75, 3.05) is 12.4 Å². The van der Waals surface area contributed by atoms with E-state index in [1.54, 1.807) is 18.2 Å². The Bertz CT molecular complexity index is 751. The average molecular weight is 404 g/mol. The number of methoxy groups -OCH3 is 1. The lowest BCUT2D eigenvalue weighted by Gasteiger charge is -2.07. The summed E-state index contributed by atoms with van der Waals surface area (Å²) in [6.45, 7) is 0. The van der Waals surface area contributed by atoms with Crippen LogP contribution in [0.1, 0.15) is 5.56 Å². The minimum atomic E-state index is -0.514. The largest absolute Gasteiger partial charge is 0.481 e. The fourth-order valence-corrected chi connectivity index (χ4v) is 3.17. The molecule has 4 nitrogen and oxygen atoms in total. The van der Waals surface area contributed by atoms with Crippen LogP contribution in [0.15, 0.2) is 52.0 Å². The van der Waals surface area contributed by atoms with Crippen LogP contribution in [0.2, 0.25) is 5.02 Å². The second kappa shape index (κ2) is 9.18. The third kappa shape index (κ3) is 5.31. The summed E-state index contributed by atoms with van der Waals surface area (Å²) in [4.78, 5) is 16.1. The van der Waals surface area contributed by atoms with Crippen molar-refractivity contribution in [1.29, 1.82) is 0 Å². The van der Waals surface area contributed by atoms with Gasteiger partial charge >= 0.3 is 0 Å². The van der Waals surface area contributed by atoms with Gasteiger partial charge in [0.1, 0.15) is 5.03 Å². The quantitative estimate of drug-likeness (QED) is 0.668. The smallest absolute Gasteiger partial charge is 0.269 e. The number of ether oxygens (including phenoxy) is 1. The molecule has 1 amide bonds. The number of benzene rings is 1. The molecule has 0 unspecified atom stereocenters. The van der Waals surface area contributed by atoms with Crippen LogP contribution < -0.4 is 10.1 Å². The molecule has 1 heterocycles. The molecule has 126 valence electrons. The first kappa shape index (κ1) is 18.9. The topological polar surface area (TPSA) is 51.2 Å². The predicted octanol–water partition coefficient (Wildman–Crippen LogP) is 5.26. The summed E-state index contributed by atoms with van der Waals surface area (Å²) in [5.74, 6) is 0.440. The van der Waals surface area contributed by atoms with Gasteiger partial charge in [-0.25, -0.2) is 4.98 Å². The van der Waals surface area contributed by atoms with Gasteiger partial charge in [-0.3, -0.25) is 4.79 Å². The number of aromatic nitrogens is 1. The molecule has 0 aliphatic heterocycles. The average Bonchev–Trinajstić information content (AvgIpc) is 2.60. The van der Waals surface area contributed by atoms with E-state index in [-0.39, 0.29) is 9.40 Å². The van der Waals surface area contributed by atoms with Crippen molar-refractivity contribution in [3.63, 3.8) is 0 Å². The summed E-state index contributed by atoms with van der Waals surface area (Å²) < 4.78 is 5.14. The number of amides is 1. The molecule has 0 saturated heterocycles. The molecule has 0 fully saturated rings. The number of halogens is 3. The summed E-state index contributed by atoms with van der Waals surface area (Å²) in [7, 11) is 1.51. The maximum atomic E-state index is 12.1. The lowest BCUT2D eigenvalue weighted by atomic mass is 10.2. The fourth-order valence-electron chi connectivity index (χ4n) is 1.67. The molecule has 2 rings (SSSR count). The summed E-state index contributed by atoms with van der Waals surface area (Å²) in [6, 6.07) is 10.7. The molecular weight excluding hydrogens is 391 g/mol. The third-order valence-corrected chi connectivity index (χ3v) is 5.25. The highest BCUT2D eigenvalue weighted by atomic mass is 35.5. The summed E-state index contributed by atoms with van der Waals surface area (Å²) in [6.07, 6.45) is 1.46. The minimum Gasteiger partial charge on any atom is -0.481 e. The summed E-state index contributed by atoms with van der Waals surface area (Å²) >= 11 is 19.5. The first-order chi connectivity index (χ1) is 11.5. The zero-order valence-corrected chi connectivity index (χ0v) is 15.6. The van der Waals surface area contributed by atoms with E-state index in [0.29, 0.717) is 22.3 Å². The first-order valence-corrected chi connectivity index (χ1v) is 8.86. The van der Waals surface area contributed by atoms with Gasteiger partial charge in [0.15, 0.2) is 0 Å². The normalized spacial score (nSPS) is 11.7. The van der Waals surface area contributed by atoms with Crippen LogP contribution in [-0.2, 0) is 10.5 Å². The molecular formula is C16H13Cl3N2O2S. The van der Waals surface area contributed by atoms with E-state index in [9.17, 15) is 4.79 Å². The Morgan fingerprint density at radius 1 is 1.25 bits per heavy atom. The Morgan fingerprint density at radius 3 is 2.62 bits per heavy atom. The second-order valence-corrected chi connectivity index (χ2v) is 6.88. The van der Waals surface area contributed by atoms with Crippen LogP contribution in [-0.4, -0.2) is 18.0 Å². The summed E-state index contributed by atoms with van der Waals surface area (Å²) in [5.41, 5.74) is 1.39. The van der Waals surface area contributed by atoms with E-state index in [4.69, 9.17) is 39.5 Å². The highest BCUT2D eigenvalue weighted by molar-refractivity contribution is 8.03. The Balaban J connectivity index is 1.99. The Kier molecular flexibility index (Phi) is 7.24. The highest BCUT2D eigenvalue weighted by Crippen LogP contribution is 2.32. The number of anilines is 1. The maximum Gasteiger partial charge on any atom is 0.269 e. The minimum absolute atomic E-state index is 0.0930. The van der Waals surface area contributed by atoms with Crippen molar-refractivity contribution in [1.82, 2.24) is 4.98 Å². The van der Waals surface area contributed by atoms with Gasteiger partial charge in [0.05, 0.1) is 23.4 Å². The number of carbonyl (C=O) groups excluding carboxylic acids is 1. The second-order valence-electron chi connectivity index (χ2n) is 4.51. The van der Waals surface area contributed by atoms with Crippen molar-refractivity contribution in [3.8, 4) is 5.88 Å². The number of hydrogen-bond acceptors (Lipinski definition) is 4. The zero-order chi connectivity index (χ0) is 17.5. The van der Waals surface area contributed by atoms with Crippen LogP contribution in [0, 0.1) is 0 Å². The maximum absolute atomic E-state index is 12.1. The molecule has 8 heteroatoms. The third-order valence-electron chi connectivity index (χ3n) is 2.89. The number of thioether (sulfide) groups is 1. The van der Waals surface area contributed by atoms with E-state index >= 15 is 0 Å². The molecule has 0 aliphatic carbocycles. The Labute approximate surface area is 159 Å². The van der Waals surface area contributed by atoms with E-state index in [2.05, 4.69) is 10.3 Å². The first-order valence-electron chi connectivity index (χ1n) is 6.74. The van der Waals surface area contributed by atoms with Crippen LogP contribution in [0.25, 0.3) is 0 Å². The molecule has 2 aromatic rings. The van der Waals surface area contributed by atoms with E-state index in [0.717, 1.165) is 5.56 Å². The zero-order valence-electron chi connectivity index (χ0n) is 12.6. The monoisotopic (exact) mass is 402 g/mol. The number of pyridine rings is 1. The molecule has 0 atom stereocenters. The molecule has 0 spiro atoms. The molecule has 0 saturated carbocycles. The molecule has 1 aromatic carbocycles. The van der Waals surface area contributed by atoms with Crippen LogP contribution in [0.3, 0.4) is 0 Å². The lowest BCUT2D eigenvalue weighted by Crippen LogP contribution is -2.12. The van der Waals surface area contributed by atoms with Crippen LogP contribution in [0.5, 0.6) is 5.88 Å². The van der Waals surface area contributed by atoms with E-state index in [1.165, 1.54) is 25.1 Å². The molecule has 0 aliphatic rings. The van der Waals surface area contributed by atoms with Crippen molar-refractivity contribution < 1.29 is 9.53 Å². The highest BCUT2D eigenvalue weighted by Gasteiger charge is 2.14. The van der Waals surface area contributed by atoms with Crippen molar-refractivity contribution in [3.05, 3.63) is 62.6 Å². The molecule has 0 bridgehead atoms. The Morgan fingerprint density at radius 2 is 2.00 bits per heavy atom. The fraction of sp³-hybridized carbons (Fsp3) is 0.125. The molecule has 1 aromatic heterocycles. The van der Waals surface area contributed by atoms with Gasteiger partial charge in [0, 0.05) is 16.8 Å². The van der Waals surface area contributed by atoms with E-state index in [1.807, 2.05) is 18.2 Å². The van der Waals surface area contributed by atoms with E-state index < -0.39 is 5.91 Å². The van der Waals surface area contributed by atoms with Gasteiger partial charge in [0.2, 0.25) is 5.88 Å². The van der Waals surface area contributed by atoms with Crippen LogP contribution >= 0.6 is 46.6 Å². The standard InChI is InChI=1S/C16H13Cl3N2O2S/c1-23-13-7-6-11(8-20-13)21-16(22)14(18)15(19)24-9-10-4-2-3-5-12(10)17/h2-8H,9H2,1H3,(H,21,22)/b15-14-. The van der Waals surface area contributed by atoms with Crippen molar-refractivity contribution in [2.24, 2.45) is 0 Å². The number of hydrogen-bond donors (Lipinski definition) is 1. The Hall–Kier alpha value is -1.40. The number of nitrogens with one attached hydrogen (secondary N) is 1. The van der Waals surface area contributed by atoms with Gasteiger partial charge < -0.3 is 10.1 Å². The van der Waals surface area contributed by atoms with Gasteiger partial charge in [-0.15, -0.1) is 11.8 Å². The number of carbonyl (C=O) groups is 1. The SMILES string of the molecule is COc1ccc(NC(=O)/C(Cl)=C(\Cl)SCc2ccccc2Cl)cn1. The van der Waals surface area contributed by atoms with Crippen LogP contribution in [0.4, 0.5) is 5.69 Å². The number of rotatable bonds is 6. The summed E-state index contributed by atoms with van der Waals surface area (Å²) in [5, 5.41) is 3.16.